The lowest BCUT2D eigenvalue weighted by molar-refractivity contribution is -0.384. The quantitative estimate of drug-likeness (QED) is 0.228. The Morgan fingerprint density at radius 3 is 2.56 bits per heavy atom. The molecule has 0 aliphatic carbocycles. The van der Waals surface area contributed by atoms with Crippen molar-refractivity contribution in [2.45, 2.75) is 19.4 Å². The molecule has 1 aliphatic heterocycles. The van der Waals surface area contributed by atoms with Crippen LogP contribution in [0.15, 0.2) is 36.4 Å². The highest BCUT2D eigenvalue weighted by Crippen LogP contribution is 2.39. The maximum atomic E-state index is 12.7. The van der Waals surface area contributed by atoms with Gasteiger partial charge in [0.25, 0.3) is 5.69 Å². The van der Waals surface area contributed by atoms with Crippen molar-refractivity contribution >= 4 is 11.7 Å². The lowest BCUT2D eigenvalue weighted by atomic mass is 10.1. The molecule has 0 amide bonds. The number of methoxy groups -OCH3 is 2. The fourth-order valence-electron chi connectivity index (χ4n) is 3.69. The van der Waals surface area contributed by atoms with Gasteiger partial charge in [-0.2, -0.15) is 0 Å². The zero-order valence-electron chi connectivity index (χ0n) is 19.6. The van der Waals surface area contributed by atoms with E-state index in [1.165, 1.54) is 26.4 Å². The summed E-state index contributed by atoms with van der Waals surface area (Å²) >= 11 is 0. The highest BCUT2D eigenvalue weighted by atomic mass is 16.6. The topological polar surface area (TPSA) is 112 Å². The fourth-order valence-corrected chi connectivity index (χ4v) is 3.69. The monoisotopic (exact) mass is 473 g/mol. The molecule has 0 atom stereocenters. The third-order valence-electron chi connectivity index (χ3n) is 5.51. The SMILES string of the molecule is COc1cc(C(=O)OCCCN2CCCNCC2)cc(OCc2ccc([N+](=O)[O-])cc2)c1OC. The van der Waals surface area contributed by atoms with Gasteiger partial charge in [0.15, 0.2) is 11.5 Å². The summed E-state index contributed by atoms with van der Waals surface area (Å²) in [6.07, 6.45) is 1.87. The molecule has 1 N–H and O–H groups in total. The molecule has 0 saturated carbocycles. The largest absolute Gasteiger partial charge is 0.493 e. The van der Waals surface area contributed by atoms with E-state index in [-0.39, 0.29) is 17.9 Å². The molecule has 1 heterocycles. The Balaban J connectivity index is 1.62. The van der Waals surface area contributed by atoms with E-state index in [1.807, 2.05) is 0 Å². The maximum Gasteiger partial charge on any atom is 0.338 e. The molecular weight excluding hydrogens is 442 g/mol. The van der Waals surface area contributed by atoms with Crippen LogP contribution in [0.2, 0.25) is 0 Å². The molecule has 0 aromatic heterocycles. The molecule has 2 aromatic rings. The highest BCUT2D eigenvalue weighted by molar-refractivity contribution is 5.91. The Bertz CT molecular complexity index is 958. The predicted molar refractivity (Wildman–Crippen MR) is 126 cm³/mol. The van der Waals surface area contributed by atoms with Crippen LogP contribution >= 0.6 is 0 Å². The molecule has 1 aliphatic rings. The lowest BCUT2D eigenvalue weighted by Crippen LogP contribution is -2.29. The summed E-state index contributed by atoms with van der Waals surface area (Å²) in [7, 11) is 2.95. The van der Waals surface area contributed by atoms with E-state index in [9.17, 15) is 14.9 Å². The van der Waals surface area contributed by atoms with Crippen molar-refractivity contribution in [2.24, 2.45) is 0 Å². The van der Waals surface area contributed by atoms with Gasteiger partial charge in [-0.15, -0.1) is 0 Å². The lowest BCUT2D eigenvalue weighted by Gasteiger charge is -2.19. The molecule has 10 nitrogen and oxygen atoms in total. The van der Waals surface area contributed by atoms with E-state index in [4.69, 9.17) is 18.9 Å². The van der Waals surface area contributed by atoms with Gasteiger partial charge in [-0.25, -0.2) is 4.79 Å². The van der Waals surface area contributed by atoms with Crippen LogP contribution in [0.1, 0.15) is 28.8 Å². The third-order valence-corrected chi connectivity index (χ3v) is 5.51. The molecule has 184 valence electrons. The number of non-ortho nitro benzene ring substituents is 1. The summed E-state index contributed by atoms with van der Waals surface area (Å²) in [5.41, 5.74) is 1.01. The Morgan fingerprint density at radius 1 is 1.09 bits per heavy atom. The van der Waals surface area contributed by atoms with Crippen molar-refractivity contribution in [1.82, 2.24) is 10.2 Å². The second-order valence-electron chi connectivity index (χ2n) is 7.86. The summed E-state index contributed by atoms with van der Waals surface area (Å²) in [5.74, 6) is 0.520. The maximum absolute atomic E-state index is 12.7. The Labute approximate surface area is 198 Å². The molecule has 0 bridgehead atoms. The minimum atomic E-state index is -0.473. The number of nitrogens with one attached hydrogen (secondary N) is 1. The first-order valence-corrected chi connectivity index (χ1v) is 11.2. The molecule has 2 aromatic carbocycles. The predicted octanol–water partition coefficient (Wildman–Crippen LogP) is 3.03. The van der Waals surface area contributed by atoms with Crippen molar-refractivity contribution in [3.05, 3.63) is 57.6 Å². The number of ether oxygens (including phenoxy) is 4. The van der Waals surface area contributed by atoms with E-state index in [0.29, 0.717) is 23.9 Å². The van der Waals surface area contributed by atoms with Crippen LogP contribution in [0.4, 0.5) is 5.69 Å². The van der Waals surface area contributed by atoms with Gasteiger partial charge in [0.05, 0.1) is 31.3 Å². The highest BCUT2D eigenvalue weighted by Gasteiger charge is 2.19. The van der Waals surface area contributed by atoms with Crippen LogP contribution in [0, 0.1) is 10.1 Å². The van der Waals surface area contributed by atoms with Crippen molar-refractivity contribution in [1.29, 1.82) is 0 Å². The zero-order valence-corrected chi connectivity index (χ0v) is 19.6. The van der Waals surface area contributed by atoms with E-state index >= 15 is 0 Å². The first-order valence-electron chi connectivity index (χ1n) is 11.2. The number of nitrogens with zero attached hydrogens (tertiary/aromatic N) is 2. The Hall–Kier alpha value is -3.37. The Morgan fingerprint density at radius 2 is 1.85 bits per heavy atom. The van der Waals surface area contributed by atoms with Crippen LogP contribution < -0.4 is 19.5 Å². The van der Waals surface area contributed by atoms with Gasteiger partial charge in [-0.3, -0.25) is 10.1 Å². The number of hydrogen-bond acceptors (Lipinski definition) is 9. The number of nitro benzene ring substituents is 1. The average molecular weight is 474 g/mol. The van der Waals surface area contributed by atoms with Crippen molar-refractivity contribution in [3.63, 3.8) is 0 Å². The van der Waals surface area contributed by atoms with Gasteiger partial charge in [0.1, 0.15) is 6.61 Å². The number of benzene rings is 2. The second kappa shape index (κ2) is 12.8. The van der Waals surface area contributed by atoms with Crippen LogP contribution in [0.25, 0.3) is 0 Å². The summed E-state index contributed by atoms with van der Waals surface area (Å²) in [4.78, 5) is 25.4. The molecule has 1 fully saturated rings. The van der Waals surface area contributed by atoms with E-state index < -0.39 is 10.9 Å². The number of esters is 1. The van der Waals surface area contributed by atoms with Crippen LogP contribution in [-0.2, 0) is 11.3 Å². The first kappa shape index (κ1) is 25.3. The average Bonchev–Trinajstić information content (AvgIpc) is 3.13. The number of hydrogen-bond donors (Lipinski definition) is 1. The molecule has 34 heavy (non-hydrogen) atoms. The standard InChI is InChI=1S/C24H31N3O7/c1-31-21-15-19(24(28)33-14-4-12-26-11-3-9-25-10-13-26)16-22(23(21)32-2)34-17-18-5-7-20(8-6-18)27(29)30/h5-8,15-16,25H,3-4,9-14,17H2,1-2H3. The smallest absolute Gasteiger partial charge is 0.338 e. The van der Waals surface area contributed by atoms with Gasteiger partial charge in [-0.05, 0) is 55.8 Å². The summed E-state index contributed by atoms with van der Waals surface area (Å²) in [5, 5.41) is 14.2. The van der Waals surface area contributed by atoms with Gasteiger partial charge >= 0.3 is 5.97 Å². The zero-order chi connectivity index (χ0) is 24.3. The van der Waals surface area contributed by atoms with Crippen LogP contribution in [0.3, 0.4) is 0 Å². The van der Waals surface area contributed by atoms with Gasteiger partial charge in [0, 0.05) is 31.8 Å². The van der Waals surface area contributed by atoms with E-state index in [1.54, 1.807) is 24.3 Å². The Kier molecular flexibility index (Phi) is 9.48. The minimum absolute atomic E-state index is 0.000233. The van der Waals surface area contributed by atoms with Gasteiger partial charge in [-0.1, -0.05) is 0 Å². The number of nitro groups is 1. The molecular formula is C24H31N3O7. The molecule has 1 saturated heterocycles. The van der Waals surface area contributed by atoms with E-state index in [2.05, 4.69) is 10.2 Å². The van der Waals surface area contributed by atoms with Crippen LogP contribution in [0.5, 0.6) is 17.2 Å². The third kappa shape index (κ3) is 7.06. The van der Waals surface area contributed by atoms with E-state index in [0.717, 1.165) is 51.1 Å². The fraction of sp³-hybridized carbons (Fsp3) is 0.458. The number of carbonyl (C=O) groups excluding carboxylic acids is 1. The molecule has 0 spiro atoms. The summed E-state index contributed by atoms with van der Waals surface area (Å²) in [6.45, 7) is 5.39. The van der Waals surface area contributed by atoms with Gasteiger partial charge < -0.3 is 29.2 Å². The summed E-state index contributed by atoms with van der Waals surface area (Å²) in [6, 6.07) is 9.15. The minimum Gasteiger partial charge on any atom is -0.493 e. The van der Waals surface area contributed by atoms with Crippen molar-refractivity contribution < 1.29 is 28.7 Å². The first-order chi connectivity index (χ1) is 16.5. The normalized spacial score (nSPS) is 14.2. The summed E-state index contributed by atoms with van der Waals surface area (Å²) < 4.78 is 22.1. The number of carbonyl (C=O) groups is 1. The van der Waals surface area contributed by atoms with Crippen LogP contribution in [-0.4, -0.2) is 69.3 Å². The second-order valence-corrected chi connectivity index (χ2v) is 7.86. The van der Waals surface area contributed by atoms with Gasteiger partial charge in [0.2, 0.25) is 5.75 Å². The number of rotatable bonds is 11. The molecule has 10 heteroatoms. The van der Waals surface area contributed by atoms with Crippen molar-refractivity contribution in [3.8, 4) is 17.2 Å². The molecule has 0 unspecified atom stereocenters. The van der Waals surface area contributed by atoms with Crippen molar-refractivity contribution in [2.75, 3.05) is 53.6 Å². The molecule has 0 radical (unpaired) electrons. The molecule has 3 rings (SSSR count).